The van der Waals surface area contributed by atoms with Gasteiger partial charge in [-0.2, -0.15) is 5.10 Å². The Bertz CT molecular complexity index is 936. The van der Waals surface area contributed by atoms with E-state index in [4.69, 9.17) is 17.0 Å². The van der Waals surface area contributed by atoms with Crippen molar-refractivity contribution in [3.63, 3.8) is 0 Å². The molecule has 136 valence electrons. The number of aromatic amines is 1. The third kappa shape index (κ3) is 3.38. The van der Waals surface area contributed by atoms with Crippen molar-refractivity contribution in [1.29, 1.82) is 0 Å². The van der Waals surface area contributed by atoms with Gasteiger partial charge in [0.2, 0.25) is 5.91 Å². The van der Waals surface area contributed by atoms with Crippen LogP contribution in [0.25, 0.3) is 0 Å². The lowest BCUT2D eigenvalue weighted by atomic mass is 10.2. The monoisotopic (exact) mass is 437 g/mol. The van der Waals surface area contributed by atoms with E-state index in [1.54, 1.807) is 18.2 Å². The van der Waals surface area contributed by atoms with Gasteiger partial charge in [-0.1, -0.05) is 15.9 Å². The van der Waals surface area contributed by atoms with E-state index in [2.05, 4.69) is 31.4 Å². The Morgan fingerprint density at radius 2 is 2.27 bits per heavy atom. The number of nitrogens with one attached hydrogen (secondary N) is 2. The van der Waals surface area contributed by atoms with Crippen molar-refractivity contribution in [2.45, 2.75) is 25.4 Å². The molecule has 1 saturated carbocycles. The van der Waals surface area contributed by atoms with Crippen molar-refractivity contribution >= 4 is 45.6 Å². The van der Waals surface area contributed by atoms with E-state index in [1.165, 1.54) is 4.90 Å². The van der Waals surface area contributed by atoms with Crippen LogP contribution in [-0.2, 0) is 16.1 Å². The summed E-state index contributed by atoms with van der Waals surface area (Å²) in [4.78, 5) is 26.0. The fraction of sp³-hybridized carbons (Fsp3) is 0.375. The van der Waals surface area contributed by atoms with Gasteiger partial charge in [-0.05, 0) is 43.3 Å². The number of benzene rings is 1. The zero-order valence-corrected chi connectivity index (χ0v) is 16.1. The van der Waals surface area contributed by atoms with Crippen LogP contribution in [0.4, 0.5) is 5.69 Å². The second kappa shape index (κ2) is 6.84. The van der Waals surface area contributed by atoms with Crippen LogP contribution in [0.5, 0.6) is 5.75 Å². The number of rotatable bonds is 5. The highest BCUT2D eigenvalue weighted by Crippen LogP contribution is 2.36. The third-order valence-electron chi connectivity index (χ3n) is 4.30. The van der Waals surface area contributed by atoms with Crippen LogP contribution in [0, 0.1) is 4.77 Å². The zero-order chi connectivity index (χ0) is 18.3. The zero-order valence-electron chi connectivity index (χ0n) is 13.7. The van der Waals surface area contributed by atoms with Crippen molar-refractivity contribution in [3.05, 3.63) is 33.3 Å². The maximum absolute atomic E-state index is 12.4. The molecule has 2 aliphatic rings. The molecule has 2 amide bonds. The average molecular weight is 438 g/mol. The Labute approximate surface area is 162 Å². The second-order valence-electron chi connectivity index (χ2n) is 6.20. The number of hydrogen-bond acceptors (Lipinski definition) is 5. The smallest absolute Gasteiger partial charge is 0.265 e. The van der Waals surface area contributed by atoms with Crippen molar-refractivity contribution in [2.24, 2.45) is 0 Å². The number of hydrogen-bond donors (Lipinski definition) is 2. The molecule has 0 atom stereocenters. The number of amides is 2. The molecule has 26 heavy (non-hydrogen) atoms. The third-order valence-corrected chi connectivity index (χ3v) is 5.08. The Hall–Kier alpha value is -2.20. The maximum atomic E-state index is 12.4. The summed E-state index contributed by atoms with van der Waals surface area (Å²) in [5, 5.41) is 9.76. The maximum Gasteiger partial charge on any atom is 0.265 e. The van der Waals surface area contributed by atoms with Crippen LogP contribution < -0.4 is 15.0 Å². The van der Waals surface area contributed by atoms with E-state index in [-0.39, 0.29) is 31.5 Å². The molecule has 1 aliphatic carbocycles. The first-order valence-corrected chi connectivity index (χ1v) is 9.38. The summed E-state index contributed by atoms with van der Waals surface area (Å²) >= 11 is 8.60. The van der Waals surface area contributed by atoms with Gasteiger partial charge in [-0.3, -0.25) is 24.2 Å². The molecule has 2 N–H and O–H groups in total. The Kier molecular flexibility index (Phi) is 4.53. The number of aromatic nitrogens is 3. The Morgan fingerprint density at radius 1 is 1.46 bits per heavy atom. The van der Waals surface area contributed by atoms with Gasteiger partial charge in [-0.15, -0.1) is 0 Å². The normalized spacial score (nSPS) is 16.2. The minimum atomic E-state index is -0.273. The highest BCUT2D eigenvalue weighted by Gasteiger charge is 2.29. The van der Waals surface area contributed by atoms with Crippen molar-refractivity contribution < 1.29 is 14.3 Å². The molecule has 1 aromatic heterocycles. The number of carbonyl (C=O) groups is 2. The minimum absolute atomic E-state index is 0.0780. The first-order chi connectivity index (χ1) is 12.5. The molecule has 8 nitrogen and oxygen atoms in total. The fourth-order valence-corrected chi connectivity index (χ4v) is 3.54. The number of H-pyrrole nitrogens is 1. The van der Waals surface area contributed by atoms with Crippen LogP contribution in [-0.4, -0.2) is 39.7 Å². The van der Waals surface area contributed by atoms with Crippen molar-refractivity contribution in [1.82, 2.24) is 20.1 Å². The van der Waals surface area contributed by atoms with E-state index in [0.717, 1.165) is 17.3 Å². The summed E-state index contributed by atoms with van der Waals surface area (Å²) in [6, 6.07) is 5.71. The highest BCUT2D eigenvalue weighted by molar-refractivity contribution is 9.10. The van der Waals surface area contributed by atoms with E-state index < -0.39 is 0 Å². The molecule has 0 bridgehead atoms. The molecule has 0 unspecified atom stereocenters. The van der Waals surface area contributed by atoms with Crippen LogP contribution in [0.1, 0.15) is 24.7 Å². The van der Waals surface area contributed by atoms with E-state index in [0.29, 0.717) is 28.1 Å². The van der Waals surface area contributed by atoms with Gasteiger partial charge in [0.15, 0.2) is 17.2 Å². The lowest BCUT2D eigenvalue weighted by Crippen LogP contribution is -2.45. The molecular formula is C16H16BrN5O3S. The van der Waals surface area contributed by atoms with Gasteiger partial charge < -0.3 is 10.1 Å². The molecule has 10 heteroatoms. The average Bonchev–Trinajstić information content (AvgIpc) is 3.38. The van der Waals surface area contributed by atoms with Gasteiger partial charge in [0.05, 0.1) is 12.2 Å². The molecular weight excluding hydrogens is 422 g/mol. The van der Waals surface area contributed by atoms with Gasteiger partial charge in [0.1, 0.15) is 12.3 Å². The quantitative estimate of drug-likeness (QED) is 0.698. The van der Waals surface area contributed by atoms with Gasteiger partial charge in [-0.25, -0.2) is 0 Å². The molecule has 1 fully saturated rings. The van der Waals surface area contributed by atoms with Gasteiger partial charge in [0.25, 0.3) is 5.91 Å². The lowest BCUT2D eigenvalue weighted by Gasteiger charge is -2.28. The number of anilines is 1. The summed E-state index contributed by atoms with van der Waals surface area (Å²) in [7, 11) is 0. The Morgan fingerprint density at radius 3 is 3.04 bits per heavy atom. The molecule has 2 heterocycles. The van der Waals surface area contributed by atoms with Crippen molar-refractivity contribution in [3.8, 4) is 5.75 Å². The molecule has 4 rings (SSSR count). The van der Waals surface area contributed by atoms with Crippen LogP contribution >= 0.6 is 28.1 Å². The summed E-state index contributed by atoms with van der Waals surface area (Å²) < 4.78 is 8.79. The summed E-state index contributed by atoms with van der Waals surface area (Å²) in [5.74, 6) is 0.742. The highest BCUT2D eigenvalue weighted by atomic mass is 79.9. The number of halogens is 1. The van der Waals surface area contributed by atoms with Crippen LogP contribution in [0.15, 0.2) is 22.7 Å². The molecule has 0 spiro atoms. The number of fused-ring (bicyclic) bond motifs is 1. The van der Waals surface area contributed by atoms with E-state index in [1.807, 2.05) is 4.57 Å². The van der Waals surface area contributed by atoms with Crippen LogP contribution in [0.3, 0.4) is 0 Å². The predicted octanol–water partition coefficient (Wildman–Crippen LogP) is 2.08. The second-order valence-corrected chi connectivity index (χ2v) is 7.51. The molecule has 0 radical (unpaired) electrons. The standard InChI is InChI=1S/C16H16BrN5O3S/c17-9-1-4-11-12(5-9)25-8-15(24)21(11)7-14(23)18-6-13-19-20-16(26)22(13)10-2-3-10/h1,4-5,10H,2-3,6-8H2,(H,18,23)(H,20,26). The minimum Gasteiger partial charge on any atom is -0.482 e. The number of nitrogens with zero attached hydrogens (tertiary/aromatic N) is 3. The topological polar surface area (TPSA) is 92.2 Å². The molecule has 0 saturated heterocycles. The molecule has 1 aromatic carbocycles. The predicted molar refractivity (Wildman–Crippen MR) is 99.5 cm³/mol. The Balaban J connectivity index is 1.44. The number of ether oxygens (including phenoxy) is 1. The van der Waals surface area contributed by atoms with Crippen LogP contribution in [0.2, 0.25) is 0 Å². The lowest BCUT2D eigenvalue weighted by molar-refractivity contribution is -0.125. The van der Waals surface area contributed by atoms with Gasteiger partial charge >= 0.3 is 0 Å². The largest absolute Gasteiger partial charge is 0.482 e. The summed E-state index contributed by atoms with van der Waals surface area (Å²) in [6.45, 7) is 0.0939. The summed E-state index contributed by atoms with van der Waals surface area (Å²) in [5.41, 5.74) is 0.584. The number of carbonyl (C=O) groups excluding carboxylic acids is 2. The first-order valence-electron chi connectivity index (χ1n) is 8.18. The molecule has 1 aliphatic heterocycles. The SMILES string of the molecule is O=C(CN1C(=O)COc2cc(Br)ccc21)NCc1n[nH]c(=S)n1C1CC1. The molecule has 2 aromatic rings. The van der Waals surface area contributed by atoms with E-state index >= 15 is 0 Å². The summed E-state index contributed by atoms with van der Waals surface area (Å²) in [6.07, 6.45) is 2.15. The van der Waals surface area contributed by atoms with Gasteiger partial charge in [0, 0.05) is 10.5 Å². The van der Waals surface area contributed by atoms with Crippen molar-refractivity contribution in [2.75, 3.05) is 18.1 Å². The van der Waals surface area contributed by atoms with E-state index in [9.17, 15) is 9.59 Å². The first kappa shape index (κ1) is 17.2. The fourth-order valence-electron chi connectivity index (χ4n) is 2.90.